The zero-order valence-corrected chi connectivity index (χ0v) is 17.6. The van der Waals surface area contributed by atoms with Gasteiger partial charge in [-0.3, -0.25) is 0 Å². The van der Waals surface area contributed by atoms with E-state index in [1.54, 1.807) is 0 Å². The maximum atomic E-state index is 11.6. The molecular formula is C24H40O3. The van der Waals surface area contributed by atoms with Crippen molar-refractivity contribution in [1.82, 2.24) is 0 Å². The molecule has 0 bridgehead atoms. The van der Waals surface area contributed by atoms with Crippen molar-refractivity contribution in [3.05, 3.63) is 0 Å². The molecule has 3 nitrogen and oxygen atoms in total. The van der Waals surface area contributed by atoms with Crippen LogP contribution in [0.1, 0.15) is 85.0 Å². The minimum atomic E-state index is -0.210. The van der Waals surface area contributed by atoms with Crippen LogP contribution in [0.25, 0.3) is 0 Å². The molecule has 0 aromatic heterocycles. The second kappa shape index (κ2) is 7.13. The number of hydrogen-bond donors (Lipinski definition) is 2. The second-order valence-corrected chi connectivity index (χ2v) is 11.0. The van der Waals surface area contributed by atoms with E-state index in [9.17, 15) is 15.0 Å². The van der Waals surface area contributed by atoms with Crippen LogP contribution in [0.2, 0.25) is 0 Å². The highest BCUT2D eigenvalue weighted by Gasteiger charge is 2.64. The number of fused-ring (bicyclic) bond motifs is 5. The fourth-order valence-corrected chi connectivity index (χ4v) is 8.81. The summed E-state index contributed by atoms with van der Waals surface area (Å²) in [5.41, 5.74) is 0.590. The lowest BCUT2D eigenvalue weighted by Gasteiger charge is -2.64. The summed E-state index contributed by atoms with van der Waals surface area (Å²) in [6, 6.07) is 0. The highest BCUT2D eigenvalue weighted by atomic mass is 16.3. The van der Waals surface area contributed by atoms with Crippen LogP contribution in [-0.4, -0.2) is 28.7 Å². The average molecular weight is 377 g/mol. The summed E-state index contributed by atoms with van der Waals surface area (Å²) in [7, 11) is 0. The van der Waals surface area contributed by atoms with Gasteiger partial charge in [0.05, 0.1) is 12.2 Å². The fraction of sp³-hybridized carbons (Fsp3) is 0.958. The third-order valence-corrected chi connectivity index (χ3v) is 10.2. The normalized spacial score (nSPS) is 54.7. The summed E-state index contributed by atoms with van der Waals surface area (Å²) in [5, 5.41) is 21.9. The Balaban J connectivity index is 1.66. The molecule has 0 unspecified atom stereocenters. The van der Waals surface area contributed by atoms with E-state index < -0.39 is 0 Å². The first-order chi connectivity index (χ1) is 12.9. The Morgan fingerprint density at radius 3 is 2.37 bits per heavy atom. The van der Waals surface area contributed by atoms with E-state index in [-0.39, 0.29) is 17.6 Å². The van der Waals surface area contributed by atoms with Crippen LogP contribution in [0.15, 0.2) is 0 Å². The van der Waals surface area contributed by atoms with E-state index in [0.717, 1.165) is 38.4 Å². The summed E-state index contributed by atoms with van der Waals surface area (Å²) >= 11 is 0. The summed E-state index contributed by atoms with van der Waals surface area (Å²) < 4.78 is 0. The summed E-state index contributed by atoms with van der Waals surface area (Å²) in [4.78, 5) is 11.0. The van der Waals surface area contributed by atoms with Crippen LogP contribution in [-0.2, 0) is 4.79 Å². The number of carbonyl (C=O) groups excluding carboxylic acids is 1. The van der Waals surface area contributed by atoms with Crippen LogP contribution in [0, 0.1) is 46.3 Å². The van der Waals surface area contributed by atoms with Crippen LogP contribution >= 0.6 is 0 Å². The van der Waals surface area contributed by atoms with Gasteiger partial charge in [0.1, 0.15) is 6.29 Å². The van der Waals surface area contributed by atoms with E-state index >= 15 is 0 Å². The van der Waals surface area contributed by atoms with Gasteiger partial charge in [0, 0.05) is 6.42 Å². The molecule has 4 fully saturated rings. The Hall–Kier alpha value is -0.410. The van der Waals surface area contributed by atoms with Gasteiger partial charge in [-0.05, 0) is 97.7 Å². The Labute approximate surface area is 165 Å². The third kappa shape index (κ3) is 2.86. The first-order valence-corrected chi connectivity index (χ1v) is 11.7. The molecule has 27 heavy (non-hydrogen) atoms. The monoisotopic (exact) mass is 376 g/mol. The minimum absolute atomic E-state index is 0.172. The van der Waals surface area contributed by atoms with Gasteiger partial charge in [-0.15, -0.1) is 0 Å². The molecule has 4 aliphatic carbocycles. The number of aliphatic hydroxyl groups is 2. The topological polar surface area (TPSA) is 57.5 Å². The molecule has 0 amide bonds. The van der Waals surface area contributed by atoms with Gasteiger partial charge in [-0.2, -0.15) is 0 Å². The molecule has 10 atom stereocenters. The largest absolute Gasteiger partial charge is 0.393 e. The Morgan fingerprint density at radius 2 is 1.67 bits per heavy atom. The lowest BCUT2D eigenvalue weighted by Crippen LogP contribution is -2.62. The van der Waals surface area contributed by atoms with Crippen LogP contribution < -0.4 is 0 Å². The Kier molecular flexibility index (Phi) is 5.25. The molecule has 0 spiro atoms. The van der Waals surface area contributed by atoms with E-state index in [1.165, 1.54) is 25.7 Å². The van der Waals surface area contributed by atoms with E-state index in [4.69, 9.17) is 0 Å². The van der Waals surface area contributed by atoms with Gasteiger partial charge in [0.2, 0.25) is 0 Å². The molecule has 4 rings (SSSR count). The molecule has 0 aromatic rings. The van der Waals surface area contributed by atoms with Crippen molar-refractivity contribution < 1.29 is 15.0 Å². The molecule has 0 aliphatic heterocycles. The van der Waals surface area contributed by atoms with Gasteiger partial charge < -0.3 is 15.0 Å². The molecule has 3 heteroatoms. The van der Waals surface area contributed by atoms with E-state index in [1.807, 2.05) is 0 Å². The average Bonchev–Trinajstić information content (AvgIpc) is 2.98. The molecule has 0 radical (unpaired) electrons. The first kappa shape index (κ1) is 19.9. The summed E-state index contributed by atoms with van der Waals surface area (Å²) in [6.07, 6.45) is 11.4. The summed E-state index contributed by atoms with van der Waals surface area (Å²) in [5.74, 6) is 3.10. The number of aldehydes is 1. The van der Waals surface area contributed by atoms with Crippen molar-refractivity contribution in [3.63, 3.8) is 0 Å². The highest BCUT2D eigenvalue weighted by Crippen LogP contribution is 2.69. The first-order valence-electron chi connectivity index (χ1n) is 11.7. The second-order valence-electron chi connectivity index (χ2n) is 11.0. The fourth-order valence-electron chi connectivity index (χ4n) is 8.81. The molecule has 0 saturated heterocycles. The van der Waals surface area contributed by atoms with Crippen molar-refractivity contribution in [2.45, 2.75) is 97.2 Å². The van der Waals surface area contributed by atoms with Crippen LogP contribution in [0.3, 0.4) is 0 Å². The predicted molar refractivity (Wildman–Crippen MR) is 107 cm³/mol. The molecule has 0 aromatic carbocycles. The lowest BCUT2D eigenvalue weighted by atomic mass is 9.41. The number of rotatable bonds is 4. The minimum Gasteiger partial charge on any atom is -0.393 e. The molecular weight excluding hydrogens is 336 g/mol. The number of carbonyl (C=O) groups is 1. The van der Waals surface area contributed by atoms with Gasteiger partial charge in [0.25, 0.3) is 0 Å². The molecule has 4 aliphatic rings. The quantitative estimate of drug-likeness (QED) is 0.706. The molecule has 154 valence electrons. The molecule has 4 saturated carbocycles. The standard InChI is InChI=1S/C24H40O3/c1-4-17-20-14-16(26)9-11-24(20,3)19-10-12-23(2)15(6-5-13-25)7-8-18(23)21(19)22(17)27/h13,15-22,26-27H,4-12,14H2,1-3H3/t15-,16+,17+,18-,19-,20-,21-,22+,23+,24+/m0/s1. The lowest BCUT2D eigenvalue weighted by molar-refractivity contribution is -0.202. The van der Waals surface area contributed by atoms with Gasteiger partial charge >= 0.3 is 0 Å². The van der Waals surface area contributed by atoms with E-state index in [2.05, 4.69) is 20.8 Å². The SMILES string of the molecule is CC[C@H]1[C@@H](O)[C@@H]2[C@H](CC[C@]3(C)[C@@H](CCC=O)CC[C@@H]23)[C@@]2(C)CC[C@@H](O)C[C@@H]12. The summed E-state index contributed by atoms with van der Waals surface area (Å²) in [6.45, 7) is 7.21. The smallest absolute Gasteiger partial charge is 0.120 e. The molecule has 2 N–H and O–H groups in total. The predicted octanol–water partition coefficient (Wildman–Crippen LogP) is 4.59. The van der Waals surface area contributed by atoms with Crippen molar-refractivity contribution in [2.75, 3.05) is 0 Å². The van der Waals surface area contributed by atoms with Crippen LogP contribution in [0.5, 0.6) is 0 Å². The van der Waals surface area contributed by atoms with Crippen molar-refractivity contribution in [2.24, 2.45) is 46.3 Å². The Morgan fingerprint density at radius 1 is 0.963 bits per heavy atom. The van der Waals surface area contributed by atoms with Crippen molar-refractivity contribution in [1.29, 1.82) is 0 Å². The maximum absolute atomic E-state index is 11.6. The van der Waals surface area contributed by atoms with Crippen LogP contribution in [0.4, 0.5) is 0 Å². The van der Waals surface area contributed by atoms with Crippen molar-refractivity contribution in [3.8, 4) is 0 Å². The zero-order valence-electron chi connectivity index (χ0n) is 17.6. The van der Waals surface area contributed by atoms with Gasteiger partial charge in [-0.1, -0.05) is 27.2 Å². The highest BCUT2D eigenvalue weighted by molar-refractivity contribution is 5.49. The van der Waals surface area contributed by atoms with Gasteiger partial charge in [-0.25, -0.2) is 0 Å². The third-order valence-electron chi connectivity index (χ3n) is 10.2. The van der Waals surface area contributed by atoms with Crippen molar-refractivity contribution >= 4 is 6.29 Å². The number of hydrogen-bond acceptors (Lipinski definition) is 3. The molecule has 0 heterocycles. The van der Waals surface area contributed by atoms with E-state index in [0.29, 0.717) is 47.3 Å². The zero-order chi connectivity index (χ0) is 19.4. The Bertz CT molecular complexity index is 562. The maximum Gasteiger partial charge on any atom is 0.120 e. The number of aliphatic hydroxyl groups excluding tert-OH is 2. The van der Waals surface area contributed by atoms with Gasteiger partial charge in [0.15, 0.2) is 0 Å².